The summed E-state index contributed by atoms with van der Waals surface area (Å²) in [5.74, 6) is 1.01. The predicted molar refractivity (Wildman–Crippen MR) is 89.2 cm³/mol. The third kappa shape index (κ3) is 5.33. The molecule has 4 heteroatoms. The number of aromatic nitrogens is 2. The number of rotatable bonds is 10. The van der Waals surface area contributed by atoms with Gasteiger partial charge in [0.15, 0.2) is 0 Å². The summed E-state index contributed by atoms with van der Waals surface area (Å²) >= 11 is -0.490. The molecule has 1 aromatic heterocycles. The summed E-state index contributed by atoms with van der Waals surface area (Å²) in [5, 5.41) is 0. The van der Waals surface area contributed by atoms with Crippen molar-refractivity contribution in [3.05, 3.63) is 5.82 Å². The van der Waals surface area contributed by atoms with Gasteiger partial charge in [0.05, 0.1) is 0 Å². The third-order valence-electron chi connectivity index (χ3n) is 4.01. The quantitative estimate of drug-likeness (QED) is 0.532. The first-order valence-corrected chi connectivity index (χ1v) is 16.2. The Balaban J connectivity index is 2.93. The van der Waals surface area contributed by atoms with E-state index in [1.807, 2.05) is 0 Å². The van der Waals surface area contributed by atoms with Gasteiger partial charge in [-0.1, -0.05) is 0 Å². The second kappa shape index (κ2) is 9.32. The van der Waals surface area contributed by atoms with Gasteiger partial charge >= 0.3 is 128 Å². The van der Waals surface area contributed by atoms with Crippen molar-refractivity contribution < 1.29 is 0 Å². The first-order chi connectivity index (χ1) is 9.18. The zero-order valence-corrected chi connectivity index (χ0v) is 16.8. The SMILES string of the molecule is CCC[CH2][Sn]([CH2]CCC)([CH2]CCC)[c]1nc(C)ns1. The van der Waals surface area contributed by atoms with Crippen molar-refractivity contribution in [2.75, 3.05) is 0 Å². The number of hydrogen-bond acceptors (Lipinski definition) is 3. The molecular formula is C15H30N2SSn. The van der Waals surface area contributed by atoms with Crippen LogP contribution in [0.4, 0.5) is 0 Å². The first-order valence-electron chi connectivity index (χ1n) is 7.99. The number of aryl methyl sites for hydroxylation is 1. The molecule has 0 radical (unpaired) electrons. The van der Waals surface area contributed by atoms with Crippen molar-refractivity contribution in [1.82, 2.24) is 9.36 Å². The topological polar surface area (TPSA) is 25.8 Å². The molecule has 1 heterocycles. The molecular weight excluding hydrogens is 359 g/mol. The van der Waals surface area contributed by atoms with Crippen LogP contribution in [0.5, 0.6) is 0 Å². The molecule has 0 atom stereocenters. The Labute approximate surface area is 127 Å². The van der Waals surface area contributed by atoms with Gasteiger partial charge < -0.3 is 0 Å². The molecule has 0 unspecified atom stereocenters. The van der Waals surface area contributed by atoms with Gasteiger partial charge in [0.2, 0.25) is 0 Å². The number of hydrogen-bond donors (Lipinski definition) is 0. The van der Waals surface area contributed by atoms with Crippen LogP contribution in [0.1, 0.15) is 65.1 Å². The van der Waals surface area contributed by atoms with Crippen molar-refractivity contribution in [2.24, 2.45) is 0 Å². The van der Waals surface area contributed by atoms with E-state index in [0.717, 1.165) is 5.82 Å². The van der Waals surface area contributed by atoms with E-state index in [2.05, 4.69) is 32.1 Å². The van der Waals surface area contributed by atoms with Crippen LogP contribution in [0, 0.1) is 6.92 Å². The van der Waals surface area contributed by atoms with E-state index in [9.17, 15) is 0 Å². The van der Waals surface area contributed by atoms with Gasteiger partial charge in [0.1, 0.15) is 0 Å². The third-order valence-corrected chi connectivity index (χ3v) is 22.4. The monoisotopic (exact) mass is 390 g/mol. The van der Waals surface area contributed by atoms with E-state index in [1.54, 1.807) is 11.5 Å². The summed E-state index contributed by atoms with van der Waals surface area (Å²) in [7, 11) is 0. The fourth-order valence-electron chi connectivity index (χ4n) is 2.75. The van der Waals surface area contributed by atoms with Crippen molar-refractivity contribution in [3.8, 4) is 0 Å². The van der Waals surface area contributed by atoms with Gasteiger partial charge in [0, 0.05) is 0 Å². The van der Waals surface area contributed by atoms with E-state index in [-0.39, 0.29) is 0 Å². The molecule has 0 aliphatic heterocycles. The van der Waals surface area contributed by atoms with Crippen LogP contribution in [-0.2, 0) is 0 Å². The maximum atomic E-state index is 4.84. The molecule has 0 aromatic carbocycles. The molecule has 0 spiro atoms. The van der Waals surface area contributed by atoms with Gasteiger partial charge in [-0.3, -0.25) is 0 Å². The normalized spacial score (nSPS) is 12.0. The maximum absolute atomic E-state index is 4.84. The van der Waals surface area contributed by atoms with Crippen molar-refractivity contribution in [3.63, 3.8) is 0 Å². The van der Waals surface area contributed by atoms with Crippen molar-refractivity contribution in [2.45, 2.75) is 79.5 Å². The molecule has 1 rings (SSSR count). The minimum absolute atomic E-state index is 1.01. The Morgan fingerprint density at radius 3 is 1.68 bits per heavy atom. The van der Waals surface area contributed by atoms with Crippen LogP contribution in [-0.4, -0.2) is 27.7 Å². The molecule has 0 aliphatic carbocycles. The van der Waals surface area contributed by atoms with E-state index in [4.69, 9.17) is 4.98 Å². The number of unbranched alkanes of at least 4 members (excludes halogenated alkanes) is 3. The molecule has 0 bridgehead atoms. The van der Waals surface area contributed by atoms with Crippen LogP contribution >= 0.6 is 11.5 Å². The zero-order chi connectivity index (χ0) is 14.1. The Hall–Kier alpha value is 0.359. The van der Waals surface area contributed by atoms with Crippen LogP contribution in [0.3, 0.4) is 0 Å². The molecule has 0 fully saturated rings. The summed E-state index contributed by atoms with van der Waals surface area (Å²) in [6.45, 7) is 9.01. The molecule has 0 saturated carbocycles. The van der Waals surface area contributed by atoms with Crippen LogP contribution in [0.15, 0.2) is 0 Å². The molecule has 2 nitrogen and oxygen atoms in total. The number of nitrogens with zero attached hydrogens (tertiary/aromatic N) is 2. The second-order valence-corrected chi connectivity index (χ2v) is 20.5. The van der Waals surface area contributed by atoms with Crippen LogP contribution < -0.4 is 3.02 Å². The average Bonchev–Trinajstić information content (AvgIpc) is 2.85. The van der Waals surface area contributed by atoms with Crippen LogP contribution in [0.25, 0.3) is 0 Å². The fraction of sp³-hybridized carbons (Fsp3) is 0.867. The van der Waals surface area contributed by atoms with Crippen molar-refractivity contribution in [1.29, 1.82) is 0 Å². The van der Waals surface area contributed by atoms with Crippen LogP contribution in [0.2, 0.25) is 13.3 Å². The first kappa shape index (κ1) is 17.4. The zero-order valence-electron chi connectivity index (χ0n) is 13.2. The average molecular weight is 389 g/mol. The Kier molecular flexibility index (Phi) is 8.54. The second-order valence-electron chi connectivity index (χ2n) is 5.74. The standard InChI is InChI=1S/3C4H9.C3H3N2S.Sn/c3*1-3-4-2;1-3-4-2-6-5-3;/h3*1,3-4H2,2H3;1H3;. The Morgan fingerprint density at radius 1 is 0.895 bits per heavy atom. The molecule has 1 aromatic rings. The van der Waals surface area contributed by atoms with Gasteiger partial charge in [-0.25, -0.2) is 0 Å². The summed E-state index contributed by atoms with van der Waals surface area (Å²) < 4.78 is 10.5. The van der Waals surface area contributed by atoms with E-state index < -0.39 is 18.4 Å². The molecule has 19 heavy (non-hydrogen) atoms. The summed E-state index contributed by atoms with van der Waals surface area (Å²) in [6.07, 6.45) is 8.20. The molecule has 0 amide bonds. The summed E-state index contributed by atoms with van der Waals surface area (Å²) in [4.78, 5) is 4.84. The summed E-state index contributed by atoms with van der Waals surface area (Å²) in [6, 6.07) is 0. The molecule has 110 valence electrons. The van der Waals surface area contributed by atoms with E-state index in [1.165, 1.54) is 54.9 Å². The fourth-order valence-corrected chi connectivity index (χ4v) is 21.4. The predicted octanol–water partition coefficient (Wildman–Crippen LogP) is 4.90. The Morgan fingerprint density at radius 2 is 1.37 bits per heavy atom. The van der Waals surface area contributed by atoms with Gasteiger partial charge in [-0.05, 0) is 0 Å². The van der Waals surface area contributed by atoms with E-state index in [0.29, 0.717) is 0 Å². The van der Waals surface area contributed by atoms with Gasteiger partial charge in [0.25, 0.3) is 0 Å². The van der Waals surface area contributed by atoms with Gasteiger partial charge in [-0.15, -0.1) is 0 Å². The molecule has 0 saturated heterocycles. The van der Waals surface area contributed by atoms with E-state index >= 15 is 0 Å². The van der Waals surface area contributed by atoms with Crippen molar-refractivity contribution >= 4 is 32.9 Å². The molecule has 0 aliphatic rings. The summed E-state index contributed by atoms with van der Waals surface area (Å²) in [5.41, 5.74) is 0. The molecule has 0 N–H and O–H groups in total. The Bertz CT molecular complexity index is 330. The van der Waals surface area contributed by atoms with Gasteiger partial charge in [-0.2, -0.15) is 0 Å². The minimum atomic E-state index is -2.23.